The van der Waals surface area contributed by atoms with Crippen LogP contribution in [0.2, 0.25) is 0 Å². The van der Waals surface area contributed by atoms with Crippen LogP contribution in [0, 0.1) is 5.41 Å². The Bertz CT molecular complexity index is 745. The summed E-state index contributed by atoms with van der Waals surface area (Å²) in [6.07, 6.45) is 0.952. The van der Waals surface area contributed by atoms with Gasteiger partial charge < -0.3 is 5.73 Å². The minimum absolute atomic E-state index is 0.354. The zero-order chi connectivity index (χ0) is 14.8. The minimum Gasteiger partial charge on any atom is -0.398 e. The Morgan fingerprint density at radius 3 is 2.57 bits per heavy atom. The Balaban J connectivity index is 1.89. The van der Waals surface area contributed by atoms with E-state index in [9.17, 15) is 13.2 Å². The lowest BCUT2D eigenvalue weighted by Gasteiger charge is -2.25. The van der Waals surface area contributed by atoms with Crippen molar-refractivity contribution in [1.29, 1.82) is 0 Å². The fourth-order valence-corrected chi connectivity index (χ4v) is 3.41. The summed E-state index contributed by atoms with van der Waals surface area (Å²) >= 11 is 0. The van der Waals surface area contributed by atoms with E-state index < -0.39 is 11.7 Å². The molecule has 1 aromatic carbocycles. The molecule has 110 valence electrons. The molecule has 0 amide bonds. The van der Waals surface area contributed by atoms with E-state index in [1.165, 1.54) is 18.9 Å². The van der Waals surface area contributed by atoms with Crippen LogP contribution in [0.3, 0.4) is 0 Å². The maximum Gasteiger partial charge on any atom is 0.416 e. The number of fused-ring (bicyclic) bond motifs is 2. The van der Waals surface area contributed by atoms with Gasteiger partial charge in [0.1, 0.15) is 0 Å². The largest absolute Gasteiger partial charge is 0.416 e. The quantitative estimate of drug-likeness (QED) is 0.793. The van der Waals surface area contributed by atoms with E-state index in [-0.39, 0.29) is 0 Å². The highest BCUT2D eigenvalue weighted by molar-refractivity contribution is 5.92. The SMILES string of the molecule is Nc1c2c(nc3cc(C(F)(F)F)ccc13)CCC1(CC1)C2. The molecule has 2 aromatic rings. The lowest BCUT2D eigenvalue weighted by Crippen LogP contribution is -2.18. The molecule has 2 aliphatic rings. The highest BCUT2D eigenvalue weighted by Gasteiger charge is 2.45. The predicted octanol–water partition coefficient (Wildman–Crippen LogP) is 4.10. The molecule has 0 aliphatic heterocycles. The van der Waals surface area contributed by atoms with Crippen LogP contribution in [-0.2, 0) is 19.0 Å². The van der Waals surface area contributed by atoms with Crippen molar-refractivity contribution < 1.29 is 13.2 Å². The molecule has 5 heteroatoms. The third-order valence-corrected chi connectivity index (χ3v) is 4.95. The number of aromatic nitrogens is 1. The normalized spacial score (nSPS) is 19.8. The Labute approximate surface area is 120 Å². The first-order chi connectivity index (χ1) is 9.88. The van der Waals surface area contributed by atoms with Crippen molar-refractivity contribution in [3.63, 3.8) is 0 Å². The van der Waals surface area contributed by atoms with Gasteiger partial charge in [-0.25, -0.2) is 0 Å². The third-order valence-electron chi connectivity index (χ3n) is 4.95. The number of nitrogens with zero attached hydrogens (tertiary/aromatic N) is 1. The maximum atomic E-state index is 12.8. The molecule has 1 saturated carbocycles. The number of pyridine rings is 1. The summed E-state index contributed by atoms with van der Waals surface area (Å²) in [6, 6.07) is 3.64. The predicted molar refractivity (Wildman–Crippen MR) is 74.8 cm³/mol. The Hall–Kier alpha value is -1.78. The van der Waals surface area contributed by atoms with Crippen molar-refractivity contribution in [3.8, 4) is 0 Å². The monoisotopic (exact) mass is 292 g/mol. The first-order valence-corrected chi connectivity index (χ1v) is 7.16. The van der Waals surface area contributed by atoms with E-state index in [0.29, 0.717) is 22.0 Å². The van der Waals surface area contributed by atoms with Gasteiger partial charge in [0, 0.05) is 16.8 Å². The van der Waals surface area contributed by atoms with Crippen LogP contribution in [-0.4, -0.2) is 4.98 Å². The number of nitrogen functional groups attached to an aromatic ring is 1. The van der Waals surface area contributed by atoms with Crippen LogP contribution >= 0.6 is 0 Å². The highest BCUT2D eigenvalue weighted by Crippen LogP contribution is 2.55. The van der Waals surface area contributed by atoms with Crippen LogP contribution in [0.4, 0.5) is 18.9 Å². The Morgan fingerprint density at radius 1 is 1.14 bits per heavy atom. The molecule has 4 rings (SSSR count). The molecular formula is C16H15F3N2. The van der Waals surface area contributed by atoms with Crippen molar-refractivity contribution in [2.75, 3.05) is 5.73 Å². The summed E-state index contributed by atoms with van der Waals surface area (Å²) in [6.45, 7) is 0. The number of hydrogen-bond acceptors (Lipinski definition) is 2. The molecule has 0 radical (unpaired) electrons. The number of aryl methyl sites for hydroxylation is 1. The van der Waals surface area contributed by atoms with E-state index >= 15 is 0 Å². The second kappa shape index (κ2) is 3.90. The number of benzene rings is 1. The van der Waals surface area contributed by atoms with Crippen molar-refractivity contribution in [2.24, 2.45) is 5.41 Å². The average molecular weight is 292 g/mol. The molecule has 1 spiro atoms. The Morgan fingerprint density at radius 2 is 1.90 bits per heavy atom. The van der Waals surface area contributed by atoms with Gasteiger partial charge in [-0.05, 0) is 55.2 Å². The van der Waals surface area contributed by atoms with Crippen LogP contribution in [0.25, 0.3) is 10.9 Å². The van der Waals surface area contributed by atoms with Crippen molar-refractivity contribution in [1.82, 2.24) is 4.98 Å². The van der Waals surface area contributed by atoms with Gasteiger partial charge in [-0.2, -0.15) is 13.2 Å². The summed E-state index contributed by atoms with van der Waals surface area (Å²) in [7, 11) is 0. The average Bonchev–Trinajstić information content (AvgIpc) is 3.18. The molecule has 1 heterocycles. The van der Waals surface area contributed by atoms with E-state index in [1.54, 1.807) is 0 Å². The standard InChI is InChI=1S/C16H15F3N2/c17-16(18,19)9-1-2-10-13(7-9)21-12-3-4-15(5-6-15)8-11(12)14(10)20/h1-2,7H,3-6,8H2,(H2,20,21). The van der Waals surface area contributed by atoms with Crippen LogP contribution in [0.1, 0.15) is 36.1 Å². The van der Waals surface area contributed by atoms with E-state index in [4.69, 9.17) is 5.73 Å². The third kappa shape index (κ3) is 1.98. The fourth-order valence-electron chi connectivity index (χ4n) is 3.41. The lowest BCUT2D eigenvalue weighted by atomic mass is 9.82. The van der Waals surface area contributed by atoms with Gasteiger partial charge in [0.15, 0.2) is 0 Å². The van der Waals surface area contributed by atoms with Crippen molar-refractivity contribution in [3.05, 3.63) is 35.0 Å². The number of anilines is 1. The topological polar surface area (TPSA) is 38.9 Å². The summed E-state index contributed by atoms with van der Waals surface area (Å²) in [5.74, 6) is 0. The van der Waals surface area contributed by atoms with Gasteiger partial charge in [0.25, 0.3) is 0 Å². The van der Waals surface area contributed by atoms with Gasteiger partial charge >= 0.3 is 6.18 Å². The van der Waals surface area contributed by atoms with E-state index in [1.807, 2.05) is 0 Å². The molecule has 0 saturated heterocycles. The molecular weight excluding hydrogens is 277 g/mol. The highest BCUT2D eigenvalue weighted by atomic mass is 19.4. The number of nitrogens with two attached hydrogens (primary N) is 1. The zero-order valence-corrected chi connectivity index (χ0v) is 11.4. The summed E-state index contributed by atoms with van der Waals surface area (Å²) in [5, 5.41) is 0.638. The molecule has 2 N–H and O–H groups in total. The molecule has 21 heavy (non-hydrogen) atoms. The summed E-state index contributed by atoms with van der Waals surface area (Å²) < 4.78 is 38.4. The number of halogens is 3. The first kappa shape index (κ1) is 12.9. The van der Waals surface area contributed by atoms with Crippen LogP contribution in [0.15, 0.2) is 18.2 Å². The van der Waals surface area contributed by atoms with Gasteiger partial charge in [-0.1, -0.05) is 6.07 Å². The summed E-state index contributed by atoms with van der Waals surface area (Å²) in [4.78, 5) is 4.46. The van der Waals surface area contributed by atoms with Gasteiger partial charge in [-0.3, -0.25) is 4.98 Å². The molecule has 0 unspecified atom stereocenters. The molecule has 2 nitrogen and oxygen atoms in total. The van der Waals surface area contributed by atoms with Gasteiger partial charge in [0.05, 0.1) is 11.1 Å². The van der Waals surface area contributed by atoms with Gasteiger partial charge in [-0.15, -0.1) is 0 Å². The first-order valence-electron chi connectivity index (χ1n) is 7.16. The number of rotatable bonds is 0. The van der Waals surface area contributed by atoms with E-state index in [2.05, 4.69) is 4.98 Å². The van der Waals surface area contributed by atoms with Crippen molar-refractivity contribution >= 4 is 16.6 Å². The smallest absolute Gasteiger partial charge is 0.398 e. The zero-order valence-electron chi connectivity index (χ0n) is 11.4. The fraction of sp³-hybridized carbons (Fsp3) is 0.438. The van der Waals surface area contributed by atoms with Crippen molar-refractivity contribution in [2.45, 2.75) is 38.3 Å². The number of hydrogen-bond donors (Lipinski definition) is 1. The molecule has 0 atom stereocenters. The lowest BCUT2D eigenvalue weighted by molar-refractivity contribution is -0.137. The maximum absolute atomic E-state index is 12.8. The second-order valence-electron chi connectivity index (χ2n) is 6.36. The molecule has 1 fully saturated rings. The minimum atomic E-state index is -4.35. The van der Waals surface area contributed by atoms with Gasteiger partial charge in [0.2, 0.25) is 0 Å². The van der Waals surface area contributed by atoms with E-state index in [0.717, 1.165) is 42.7 Å². The molecule has 0 bridgehead atoms. The Kier molecular flexibility index (Phi) is 2.40. The molecule has 1 aromatic heterocycles. The van der Waals surface area contributed by atoms with Crippen LogP contribution in [0.5, 0.6) is 0 Å². The second-order valence-corrected chi connectivity index (χ2v) is 6.36. The number of alkyl halides is 3. The molecule has 2 aliphatic carbocycles. The van der Waals surface area contributed by atoms with Crippen LogP contribution < -0.4 is 5.73 Å². The summed E-state index contributed by atoms with van der Waals surface area (Å²) in [5.41, 5.74) is 8.88.